The van der Waals surface area contributed by atoms with Crippen molar-refractivity contribution in [2.75, 3.05) is 28.3 Å². The molecule has 0 aliphatic carbocycles. The van der Waals surface area contributed by atoms with E-state index < -0.39 is 0 Å². The third-order valence-corrected chi connectivity index (χ3v) is 6.24. The van der Waals surface area contributed by atoms with E-state index >= 15 is 0 Å². The lowest BCUT2D eigenvalue weighted by molar-refractivity contribution is 0.533. The first-order valence-corrected chi connectivity index (χ1v) is 10.4. The number of nitrogens with zero attached hydrogens (tertiary/aromatic N) is 4. The SMILES string of the molecule is c1ccc(CN2CCC3NNc4nc(N5CCc6ccccc6C5)nc2c43)cc1. The molecule has 3 aliphatic rings. The van der Waals surface area contributed by atoms with Gasteiger partial charge in [0, 0.05) is 26.2 Å². The number of hydrogen-bond donors (Lipinski definition) is 2. The van der Waals surface area contributed by atoms with Gasteiger partial charge in [-0.2, -0.15) is 9.97 Å². The Hall–Kier alpha value is -3.12. The smallest absolute Gasteiger partial charge is 0.229 e. The van der Waals surface area contributed by atoms with E-state index in [1.165, 1.54) is 22.3 Å². The van der Waals surface area contributed by atoms with Gasteiger partial charge in [0.1, 0.15) is 5.82 Å². The van der Waals surface area contributed by atoms with Gasteiger partial charge in [0.25, 0.3) is 0 Å². The second-order valence-corrected chi connectivity index (χ2v) is 8.07. The molecule has 6 rings (SSSR count). The fraction of sp³-hybridized carbons (Fsp3) is 0.304. The Labute approximate surface area is 170 Å². The molecule has 0 saturated heterocycles. The van der Waals surface area contributed by atoms with Gasteiger partial charge >= 0.3 is 0 Å². The van der Waals surface area contributed by atoms with Crippen molar-refractivity contribution in [3.8, 4) is 0 Å². The lowest BCUT2D eigenvalue weighted by atomic mass is 10.00. The average molecular weight is 384 g/mol. The van der Waals surface area contributed by atoms with Crippen LogP contribution in [0.5, 0.6) is 0 Å². The van der Waals surface area contributed by atoms with E-state index in [0.29, 0.717) is 6.04 Å². The Morgan fingerprint density at radius 3 is 2.66 bits per heavy atom. The molecule has 4 heterocycles. The molecule has 2 N–H and O–H groups in total. The van der Waals surface area contributed by atoms with E-state index in [9.17, 15) is 0 Å². The van der Waals surface area contributed by atoms with Crippen LogP contribution in [0.15, 0.2) is 54.6 Å². The summed E-state index contributed by atoms with van der Waals surface area (Å²) in [7, 11) is 0. The number of nitrogens with one attached hydrogen (secondary N) is 2. The molecule has 6 heteroatoms. The van der Waals surface area contributed by atoms with Gasteiger partial charge in [-0.25, -0.2) is 5.43 Å². The first-order chi connectivity index (χ1) is 14.3. The van der Waals surface area contributed by atoms with Crippen molar-refractivity contribution in [3.05, 3.63) is 76.9 Å². The zero-order valence-corrected chi connectivity index (χ0v) is 16.3. The number of hydrazine groups is 1. The number of hydrogen-bond acceptors (Lipinski definition) is 6. The highest BCUT2D eigenvalue weighted by molar-refractivity contribution is 5.67. The lowest BCUT2D eigenvalue weighted by Gasteiger charge is -2.34. The number of benzene rings is 2. The van der Waals surface area contributed by atoms with Crippen molar-refractivity contribution in [2.24, 2.45) is 0 Å². The van der Waals surface area contributed by atoms with Gasteiger partial charge in [-0.15, -0.1) is 0 Å². The third-order valence-electron chi connectivity index (χ3n) is 6.24. The molecule has 0 radical (unpaired) electrons. The molecule has 3 aliphatic heterocycles. The molecule has 0 bridgehead atoms. The summed E-state index contributed by atoms with van der Waals surface area (Å²) in [6.45, 7) is 3.67. The molecular formula is C23H24N6. The first kappa shape index (κ1) is 16.8. The molecule has 29 heavy (non-hydrogen) atoms. The van der Waals surface area contributed by atoms with Crippen molar-refractivity contribution in [1.82, 2.24) is 15.4 Å². The summed E-state index contributed by atoms with van der Waals surface area (Å²) >= 11 is 0. The monoisotopic (exact) mass is 384 g/mol. The molecule has 146 valence electrons. The second kappa shape index (κ2) is 6.74. The van der Waals surface area contributed by atoms with Crippen molar-refractivity contribution in [2.45, 2.75) is 32.0 Å². The fourth-order valence-corrected chi connectivity index (χ4v) is 4.70. The highest BCUT2D eigenvalue weighted by atomic mass is 15.5. The van der Waals surface area contributed by atoms with Crippen LogP contribution in [0, 0.1) is 0 Å². The van der Waals surface area contributed by atoms with Gasteiger partial charge in [-0.1, -0.05) is 54.6 Å². The van der Waals surface area contributed by atoms with Crippen LogP contribution in [0.1, 0.15) is 34.7 Å². The number of fused-ring (bicyclic) bond motifs is 1. The van der Waals surface area contributed by atoms with Gasteiger partial charge < -0.3 is 15.2 Å². The zero-order chi connectivity index (χ0) is 19.2. The van der Waals surface area contributed by atoms with Crippen LogP contribution in [0.2, 0.25) is 0 Å². The maximum Gasteiger partial charge on any atom is 0.229 e. The summed E-state index contributed by atoms with van der Waals surface area (Å²) in [6.07, 6.45) is 2.09. The van der Waals surface area contributed by atoms with Gasteiger partial charge in [0.15, 0.2) is 5.82 Å². The standard InChI is InChI=1S/C23H24N6/c1-2-6-16(7-3-1)14-28-13-11-19-20-21(27-26-19)24-23(25-22(20)28)29-12-10-17-8-4-5-9-18(17)15-29/h1-9,19,26H,10-15H2,(H,24,25,27). The molecule has 0 spiro atoms. The molecule has 1 unspecified atom stereocenters. The largest absolute Gasteiger partial charge is 0.352 e. The van der Waals surface area contributed by atoms with Crippen LogP contribution in [-0.4, -0.2) is 23.1 Å². The summed E-state index contributed by atoms with van der Waals surface area (Å²) in [5.74, 6) is 2.83. The molecule has 2 aromatic carbocycles. The minimum Gasteiger partial charge on any atom is -0.352 e. The second-order valence-electron chi connectivity index (χ2n) is 8.07. The van der Waals surface area contributed by atoms with Gasteiger partial charge in [0.05, 0.1) is 11.6 Å². The minimum atomic E-state index is 0.295. The van der Waals surface area contributed by atoms with Crippen LogP contribution < -0.4 is 20.7 Å². The van der Waals surface area contributed by atoms with E-state index in [-0.39, 0.29) is 0 Å². The Kier molecular flexibility index (Phi) is 3.90. The van der Waals surface area contributed by atoms with Crippen molar-refractivity contribution in [3.63, 3.8) is 0 Å². The summed E-state index contributed by atoms with van der Waals surface area (Å²) in [5.41, 5.74) is 12.1. The van der Waals surface area contributed by atoms with E-state index in [1.54, 1.807) is 0 Å². The Morgan fingerprint density at radius 2 is 1.76 bits per heavy atom. The Morgan fingerprint density at radius 1 is 0.931 bits per heavy atom. The lowest BCUT2D eigenvalue weighted by Crippen LogP contribution is -2.35. The predicted molar refractivity (Wildman–Crippen MR) is 115 cm³/mol. The van der Waals surface area contributed by atoms with Gasteiger partial charge in [-0.05, 0) is 29.5 Å². The zero-order valence-electron chi connectivity index (χ0n) is 16.3. The predicted octanol–water partition coefficient (Wildman–Crippen LogP) is 3.42. The quantitative estimate of drug-likeness (QED) is 0.722. The average Bonchev–Trinajstić information content (AvgIpc) is 3.20. The molecular weight excluding hydrogens is 360 g/mol. The van der Waals surface area contributed by atoms with Crippen LogP contribution in [0.4, 0.5) is 17.6 Å². The number of rotatable bonds is 3. The first-order valence-electron chi connectivity index (χ1n) is 10.4. The van der Waals surface area contributed by atoms with E-state index in [0.717, 1.165) is 56.6 Å². The number of anilines is 3. The van der Waals surface area contributed by atoms with Crippen molar-refractivity contribution in [1.29, 1.82) is 0 Å². The molecule has 1 aromatic heterocycles. The number of aromatic nitrogens is 2. The maximum absolute atomic E-state index is 5.10. The summed E-state index contributed by atoms with van der Waals surface area (Å²) < 4.78 is 0. The maximum atomic E-state index is 5.10. The van der Waals surface area contributed by atoms with Crippen molar-refractivity contribution >= 4 is 17.6 Å². The summed E-state index contributed by atoms with van der Waals surface area (Å²) in [5, 5.41) is 0. The Balaban J connectivity index is 1.36. The van der Waals surface area contributed by atoms with Gasteiger partial charge in [0.2, 0.25) is 5.95 Å². The van der Waals surface area contributed by atoms with Crippen molar-refractivity contribution < 1.29 is 0 Å². The topological polar surface area (TPSA) is 56.3 Å². The van der Waals surface area contributed by atoms with Crippen LogP contribution in [0.25, 0.3) is 0 Å². The molecule has 0 saturated carbocycles. The fourth-order valence-electron chi connectivity index (χ4n) is 4.70. The van der Waals surface area contributed by atoms with E-state index in [1.807, 2.05) is 0 Å². The highest BCUT2D eigenvalue weighted by Crippen LogP contribution is 2.41. The molecule has 0 fully saturated rings. The van der Waals surface area contributed by atoms with Gasteiger partial charge in [-0.3, -0.25) is 0 Å². The van der Waals surface area contributed by atoms with E-state index in [4.69, 9.17) is 9.97 Å². The normalized spacial score (nSPS) is 19.5. The Bertz CT molecular complexity index is 1050. The van der Waals surface area contributed by atoms with Crippen LogP contribution in [0.3, 0.4) is 0 Å². The van der Waals surface area contributed by atoms with E-state index in [2.05, 4.69) is 75.2 Å². The highest BCUT2D eigenvalue weighted by Gasteiger charge is 2.35. The third kappa shape index (κ3) is 2.91. The van der Waals surface area contributed by atoms with Crippen LogP contribution in [-0.2, 0) is 19.5 Å². The molecule has 6 nitrogen and oxygen atoms in total. The summed E-state index contributed by atoms with van der Waals surface area (Å²) in [4.78, 5) is 14.7. The molecule has 0 amide bonds. The molecule has 1 atom stereocenters. The molecule has 3 aromatic rings. The van der Waals surface area contributed by atoms with Crippen LogP contribution >= 0.6 is 0 Å². The summed E-state index contributed by atoms with van der Waals surface area (Å²) in [6, 6.07) is 19.6. The minimum absolute atomic E-state index is 0.295.